The molecule has 0 unspecified atom stereocenters. The number of carbonyl (C=O) groups is 1. The highest BCUT2D eigenvalue weighted by Gasteiger charge is 2.30. The highest BCUT2D eigenvalue weighted by atomic mass is 35.5. The first-order chi connectivity index (χ1) is 8.61. The molecular weight excluding hydrogens is 258 g/mol. The van der Waals surface area contributed by atoms with E-state index in [0.717, 1.165) is 11.1 Å². The second-order valence-electron chi connectivity index (χ2n) is 6.61. The Morgan fingerprint density at radius 1 is 1.16 bits per heavy atom. The van der Waals surface area contributed by atoms with Crippen LogP contribution in [-0.2, 0) is 5.41 Å². The molecule has 0 radical (unpaired) electrons. The number of rotatable bonds is 3. The van der Waals surface area contributed by atoms with Gasteiger partial charge in [0.15, 0.2) is 0 Å². The zero-order chi connectivity index (χ0) is 14.8. The fraction of sp³-hybridized carbons (Fsp3) is 0.562. The molecule has 0 saturated heterocycles. The van der Waals surface area contributed by atoms with Crippen LogP contribution in [0.5, 0.6) is 0 Å². The SMILES string of the molecule is CN(C(=O)c1ccccc1C(C)(C)C)C(C)(C)CCl. The van der Waals surface area contributed by atoms with Gasteiger partial charge in [0.2, 0.25) is 0 Å². The minimum Gasteiger partial charge on any atom is -0.335 e. The molecule has 1 amide bonds. The van der Waals surface area contributed by atoms with E-state index in [2.05, 4.69) is 20.8 Å². The third-order valence-electron chi connectivity index (χ3n) is 3.51. The fourth-order valence-electron chi connectivity index (χ4n) is 1.87. The van der Waals surface area contributed by atoms with Crippen molar-refractivity contribution in [3.63, 3.8) is 0 Å². The number of nitrogens with zero attached hydrogens (tertiary/aromatic N) is 1. The van der Waals surface area contributed by atoms with Gasteiger partial charge in [0.05, 0.1) is 5.54 Å². The molecular formula is C16H24ClNO. The normalized spacial score (nSPS) is 12.4. The van der Waals surface area contributed by atoms with Crippen LogP contribution < -0.4 is 0 Å². The number of hydrogen-bond donors (Lipinski definition) is 0. The van der Waals surface area contributed by atoms with Crippen molar-refractivity contribution in [1.29, 1.82) is 0 Å². The summed E-state index contributed by atoms with van der Waals surface area (Å²) in [5, 5.41) is 0. The van der Waals surface area contributed by atoms with Crippen LogP contribution in [0.1, 0.15) is 50.5 Å². The summed E-state index contributed by atoms with van der Waals surface area (Å²) in [5.41, 5.74) is 1.41. The van der Waals surface area contributed by atoms with Gasteiger partial charge in [0.25, 0.3) is 5.91 Å². The summed E-state index contributed by atoms with van der Waals surface area (Å²) < 4.78 is 0. The Balaban J connectivity index is 3.21. The minimum absolute atomic E-state index is 0.0242. The maximum absolute atomic E-state index is 12.7. The van der Waals surface area contributed by atoms with Crippen molar-refractivity contribution in [2.75, 3.05) is 12.9 Å². The number of carbonyl (C=O) groups excluding carboxylic acids is 1. The molecule has 2 nitrogen and oxygen atoms in total. The molecule has 1 aromatic carbocycles. The fourth-order valence-corrected chi connectivity index (χ4v) is 2.05. The minimum atomic E-state index is -0.358. The Hall–Kier alpha value is -1.02. The van der Waals surface area contributed by atoms with Gasteiger partial charge in [0.1, 0.15) is 0 Å². The van der Waals surface area contributed by atoms with E-state index in [9.17, 15) is 4.79 Å². The summed E-state index contributed by atoms with van der Waals surface area (Å²) >= 11 is 5.96. The van der Waals surface area contributed by atoms with Gasteiger partial charge in [-0.25, -0.2) is 0 Å². The average Bonchev–Trinajstić information content (AvgIpc) is 2.36. The smallest absolute Gasteiger partial charge is 0.254 e. The van der Waals surface area contributed by atoms with Crippen LogP contribution in [0.3, 0.4) is 0 Å². The van der Waals surface area contributed by atoms with Crippen LogP contribution in [0.25, 0.3) is 0 Å². The lowest BCUT2D eigenvalue weighted by Crippen LogP contribution is -2.46. The maximum atomic E-state index is 12.7. The van der Waals surface area contributed by atoms with Crippen LogP contribution in [0.15, 0.2) is 24.3 Å². The van der Waals surface area contributed by atoms with Crippen molar-refractivity contribution in [1.82, 2.24) is 4.90 Å². The van der Waals surface area contributed by atoms with Gasteiger partial charge >= 0.3 is 0 Å². The molecule has 0 heterocycles. The molecule has 3 heteroatoms. The number of benzene rings is 1. The first-order valence-electron chi connectivity index (χ1n) is 6.55. The van der Waals surface area contributed by atoms with E-state index in [4.69, 9.17) is 11.6 Å². The first kappa shape index (κ1) is 16.0. The van der Waals surface area contributed by atoms with Crippen molar-refractivity contribution in [2.45, 2.75) is 45.6 Å². The van der Waals surface area contributed by atoms with Crippen molar-refractivity contribution in [3.05, 3.63) is 35.4 Å². The predicted octanol–water partition coefficient (Wildman–Crippen LogP) is 4.07. The quantitative estimate of drug-likeness (QED) is 0.765. The second kappa shape index (κ2) is 5.54. The number of alkyl halides is 1. The third kappa shape index (κ3) is 3.50. The van der Waals surface area contributed by atoms with E-state index in [1.807, 2.05) is 45.2 Å². The van der Waals surface area contributed by atoms with E-state index in [1.54, 1.807) is 4.90 Å². The van der Waals surface area contributed by atoms with Gasteiger partial charge in [-0.2, -0.15) is 0 Å². The number of amides is 1. The molecule has 0 aromatic heterocycles. The zero-order valence-electron chi connectivity index (χ0n) is 12.7. The predicted molar refractivity (Wildman–Crippen MR) is 82.0 cm³/mol. The Morgan fingerprint density at radius 3 is 2.16 bits per heavy atom. The molecule has 0 atom stereocenters. The average molecular weight is 282 g/mol. The summed E-state index contributed by atoms with van der Waals surface area (Å²) in [4.78, 5) is 14.4. The van der Waals surface area contributed by atoms with Crippen molar-refractivity contribution < 1.29 is 4.79 Å². The zero-order valence-corrected chi connectivity index (χ0v) is 13.5. The molecule has 0 spiro atoms. The standard InChI is InChI=1S/C16H24ClNO/c1-15(2,3)13-10-8-7-9-12(13)14(19)18(6)16(4,5)11-17/h7-10H,11H2,1-6H3. The number of hydrogen-bond acceptors (Lipinski definition) is 1. The van der Waals surface area contributed by atoms with Crippen molar-refractivity contribution in [2.24, 2.45) is 0 Å². The second-order valence-corrected chi connectivity index (χ2v) is 6.87. The first-order valence-corrected chi connectivity index (χ1v) is 7.08. The molecule has 19 heavy (non-hydrogen) atoms. The van der Waals surface area contributed by atoms with Crippen molar-refractivity contribution >= 4 is 17.5 Å². The molecule has 0 saturated carbocycles. The lowest BCUT2D eigenvalue weighted by atomic mass is 9.83. The van der Waals surface area contributed by atoms with E-state index in [1.165, 1.54) is 0 Å². The molecule has 1 aromatic rings. The van der Waals surface area contributed by atoms with Crippen molar-refractivity contribution in [3.8, 4) is 0 Å². The Labute approximate surface area is 121 Å². The van der Waals surface area contributed by atoms with Crippen LogP contribution in [-0.4, -0.2) is 29.3 Å². The van der Waals surface area contributed by atoms with Gasteiger partial charge in [0, 0.05) is 18.5 Å². The Bertz CT molecular complexity index is 460. The summed E-state index contributed by atoms with van der Waals surface area (Å²) in [5.74, 6) is 0.434. The van der Waals surface area contributed by atoms with Crippen LogP contribution in [0.4, 0.5) is 0 Å². The van der Waals surface area contributed by atoms with Crippen LogP contribution in [0, 0.1) is 0 Å². The molecule has 0 N–H and O–H groups in total. The van der Waals surface area contributed by atoms with E-state index in [-0.39, 0.29) is 16.9 Å². The van der Waals surface area contributed by atoms with Gasteiger partial charge in [-0.1, -0.05) is 39.0 Å². The Kier molecular flexibility index (Phi) is 4.67. The molecule has 0 bridgehead atoms. The summed E-state index contributed by atoms with van der Waals surface area (Å²) in [6.07, 6.45) is 0. The maximum Gasteiger partial charge on any atom is 0.254 e. The van der Waals surface area contributed by atoms with Gasteiger partial charge in [-0.05, 0) is 30.9 Å². The third-order valence-corrected chi connectivity index (χ3v) is 4.16. The van der Waals surface area contributed by atoms with E-state index >= 15 is 0 Å². The monoisotopic (exact) mass is 281 g/mol. The van der Waals surface area contributed by atoms with Gasteiger partial charge in [-0.15, -0.1) is 11.6 Å². The number of halogens is 1. The summed E-state index contributed by atoms with van der Waals surface area (Å²) in [6, 6.07) is 7.80. The largest absolute Gasteiger partial charge is 0.335 e. The van der Waals surface area contributed by atoms with Gasteiger partial charge in [-0.3, -0.25) is 4.79 Å². The molecule has 0 fully saturated rings. The summed E-state index contributed by atoms with van der Waals surface area (Å²) in [7, 11) is 1.81. The molecule has 0 aliphatic carbocycles. The lowest BCUT2D eigenvalue weighted by molar-refractivity contribution is 0.0657. The molecule has 0 aliphatic heterocycles. The molecule has 0 aliphatic rings. The van der Waals surface area contributed by atoms with E-state index in [0.29, 0.717) is 5.88 Å². The van der Waals surface area contributed by atoms with E-state index < -0.39 is 0 Å². The van der Waals surface area contributed by atoms with Crippen LogP contribution >= 0.6 is 11.6 Å². The van der Waals surface area contributed by atoms with Gasteiger partial charge < -0.3 is 4.90 Å². The topological polar surface area (TPSA) is 20.3 Å². The summed E-state index contributed by atoms with van der Waals surface area (Å²) in [6.45, 7) is 10.3. The lowest BCUT2D eigenvalue weighted by Gasteiger charge is -2.35. The highest BCUT2D eigenvalue weighted by Crippen LogP contribution is 2.28. The van der Waals surface area contributed by atoms with Crippen LogP contribution in [0.2, 0.25) is 0 Å². The molecule has 106 valence electrons. The molecule has 1 rings (SSSR count). The Morgan fingerprint density at radius 2 is 1.68 bits per heavy atom. The highest BCUT2D eigenvalue weighted by molar-refractivity contribution is 6.18.